The number of carbonyl (C=O) groups excluding carboxylic acids is 1. The highest BCUT2D eigenvalue weighted by atomic mass is 19.2. The van der Waals surface area contributed by atoms with Gasteiger partial charge < -0.3 is 20.1 Å². The second-order valence-corrected chi connectivity index (χ2v) is 7.82. The molecule has 0 saturated heterocycles. The predicted molar refractivity (Wildman–Crippen MR) is 108 cm³/mol. The largest absolute Gasteiger partial charge is 0.324 e. The number of aromatic amines is 1. The summed E-state index contributed by atoms with van der Waals surface area (Å²) in [6, 6.07) is 9.30. The second-order valence-electron chi connectivity index (χ2n) is 7.82. The van der Waals surface area contributed by atoms with E-state index in [1.165, 1.54) is 0 Å². The SMILES string of the molecule is CN(C(=O)N1Cc2ccccc2C1)[C@@H]1CNCc2[nH]c(=O)c3cc(F)c(F)cc3c21. The molecule has 1 aromatic heterocycles. The Kier molecular flexibility index (Phi) is 4.32. The quantitative estimate of drug-likeness (QED) is 0.648. The molecule has 2 aliphatic heterocycles. The van der Waals surface area contributed by atoms with E-state index in [2.05, 4.69) is 10.3 Å². The van der Waals surface area contributed by atoms with Gasteiger partial charge in [-0.25, -0.2) is 13.6 Å². The second kappa shape index (κ2) is 6.91. The number of benzene rings is 2. The minimum atomic E-state index is -1.07. The fourth-order valence-corrected chi connectivity index (χ4v) is 4.50. The van der Waals surface area contributed by atoms with Gasteiger partial charge in [-0.2, -0.15) is 0 Å². The molecule has 3 heterocycles. The normalized spacial score (nSPS) is 17.7. The molecule has 6 nitrogen and oxygen atoms in total. The van der Waals surface area contributed by atoms with Crippen molar-refractivity contribution in [3.8, 4) is 0 Å². The van der Waals surface area contributed by atoms with Gasteiger partial charge in [0.05, 0.1) is 11.4 Å². The minimum Gasteiger partial charge on any atom is -0.324 e. The summed E-state index contributed by atoms with van der Waals surface area (Å²) in [6.45, 7) is 1.88. The number of rotatable bonds is 1. The summed E-state index contributed by atoms with van der Waals surface area (Å²) in [4.78, 5) is 31.8. The summed E-state index contributed by atoms with van der Waals surface area (Å²) >= 11 is 0. The molecule has 8 heteroatoms. The Morgan fingerprint density at radius 3 is 2.40 bits per heavy atom. The zero-order valence-electron chi connectivity index (χ0n) is 16.3. The third kappa shape index (κ3) is 2.87. The van der Waals surface area contributed by atoms with Crippen LogP contribution in [-0.2, 0) is 19.6 Å². The van der Waals surface area contributed by atoms with Crippen molar-refractivity contribution < 1.29 is 13.6 Å². The number of urea groups is 1. The van der Waals surface area contributed by atoms with Crippen LogP contribution >= 0.6 is 0 Å². The van der Waals surface area contributed by atoms with E-state index in [0.717, 1.165) is 23.3 Å². The van der Waals surface area contributed by atoms with Crippen LogP contribution in [-0.4, -0.2) is 34.4 Å². The molecule has 0 unspecified atom stereocenters. The van der Waals surface area contributed by atoms with Crippen LogP contribution in [0, 0.1) is 11.6 Å². The number of nitrogens with one attached hydrogen (secondary N) is 2. The molecule has 0 saturated carbocycles. The summed E-state index contributed by atoms with van der Waals surface area (Å²) in [5.74, 6) is -2.09. The van der Waals surface area contributed by atoms with Crippen molar-refractivity contribution >= 4 is 16.8 Å². The molecule has 0 radical (unpaired) electrons. The van der Waals surface area contributed by atoms with Crippen LogP contribution < -0.4 is 10.9 Å². The number of fused-ring (bicyclic) bond motifs is 4. The first-order chi connectivity index (χ1) is 14.4. The molecule has 0 aliphatic carbocycles. The molecule has 3 aromatic rings. The van der Waals surface area contributed by atoms with Gasteiger partial charge >= 0.3 is 6.03 Å². The maximum atomic E-state index is 14.0. The van der Waals surface area contributed by atoms with E-state index in [4.69, 9.17) is 0 Å². The molecule has 2 aliphatic rings. The van der Waals surface area contributed by atoms with E-state index in [1.54, 1.807) is 16.8 Å². The third-order valence-corrected chi connectivity index (χ3v) is 6.04. The van der Waals surface area contributed by atoms with Crippen LogP contribution in [0.3, 0.4) is 0 Å². The molecule has 1 atom stereocenters. The van der Waals surface area contributed by atoms with Gasteiger partial charge in [0.15, 0.2) is 11.6 Å². The van der Waals surface area contributed by atoms with Gasteiger partial charge in [-0.3, -0.25) is 4.79 Å². The van der Waals surface area contributed by atoms with E-state index in [1.807, 2.05) is 24.3 Å². The van der Waals surface area contributed by atoms with Gasteiger partial charge in [0, 0.05) is 44.5 Å². The van der Waals surface area contributed by atoms with Crippen molar-refractivity contribution in [1.29, 1.82) is 0 Å². The highest BCUT2D eigenvalue weighted by molar-refractivity contribution is 5.87. The molecule has 154 valence electrons. The summed E-state index contributed by atoms with van der Waals surface area (Å²) in [5, 5.41) is 3.62. The van der Waals surface area contributed by atoms with Crippen LogP contribution in [0.25, 0.3) is 10.8 Å². The van der Waals surface area contributed by atoms with Gasteiger partial charge in [-0.05, 0) is 28.6 Å². The summed E-state index contributed by atoms with van der Waals surface area (Å²) in [6.07, 6.45) is 0. The average Bonchev–Trinajstić information content (AvgIpc) is 3.18. The fourth-order valence-electron chi connectivity index (χ4n) is 4.50. The summed E-state index contributed by atoms with van der Waals surface area (Å²) < 4.78 is 27.8. The maximum Gasteiger partial charge on any atom is 0.320 e. The van der Waals surface area contributed by atoms with E-state index < -0.39 is 23.2 Å². The van der Waals surface area contributed by atoms with Crippen molar-refractivity contribution in [2.75, 3.05) is 13.6 Å². The van der Waals surface area contributed by atoms with Crippen LogP contribution in [0.4, 0.5) is 13.6 Å². The topological polar surface area (TPSA) is 68.4 Å². The first-order valence-corrected chi connectivity index (χ1v) is 9.77. The van der Waals surface area contributed by atoms with Crippen molar-refractivity contribution in [2.45, 2.75) is 25.7 Å². The zero-order valence-corrected chi connectivity index (χ0v) is 16.3. The van der Waals surface area contributed by atoms with Gasteiger partial charge in [0.2, 0.25) is 0 Å². The molecule has 30 heavy (non-hydrogen) atoms. The molecule has 5 rings (SSSR count). The lowest BCUT2D eigenvalue weighted by molar-refractivity contribution is 0.143. The number of likely N-dealkylation sites (N-methyl/N-ethyl adjacent to an activating group) is 1. The molecule has 2 amide bonds. The molecule has 2 N–H and O–H groups in total. The number of nitrogens with zero attached hydrogens (tertiary/aromatic N) is 2. The Balaban J connectivity index is 1.54. The van der Waals surface area contributed by atoms with Crippen LogP contribution in [0.5, 0.6) is 0 Å². The average molecular weight is 410 g/mol. The van der Waals surface area contributed by atoms with Crippen molar-refractivity contribution in [3.05, 3.63) is 80.8 Å². The monoisotopic (exact) mass is 410 g/mol. The number of halogens is 2. The fraction of sp³-hybridized carbons (Fsp3) is 0.273. The number of H-pyrrole nitrogens is 1. The highest BCUT2D eigenvalue weighted by Gasteiger charge is 2.33. The number of hydrogen-bond acceptors (Lipinski definition) is 3. The van der Waals surface area contributed by atoms with Crippen molar-refractivity contribution in [3.63, 3.8) is 0 Å². The first-order valence-electron chi connectivity index (χ1n) is 9.77. The highest BCUT2D eigenvalue weighted by Crippen LogP contribution is 2.33. The number of amides is 2. The van der Waals surface area contributed by atoms with E-state index in [-0.39, 0.29) is 11.4 Å². The van der Waals surface area contributed by atoms with Crippen molar-refractivity contribution in [2.24, 2.45) is 0 Å². The predicted octanol–water partition coefficient (Wildman–Crippen LogP) is 3.02. The lowest BCUT2D eigenvalue weighted by Crippen LogP contribution is -2.46. The van der Waals surface area contributed by atoms with Crippen LogP contribution in [0.2, 0.25) is 0 Å². The Morgan fingerprint density at radius 1 is 1.10 bits per heavy atom. The van der Waals surface area contributed by atoms with E-state index >= 15 is 0 Å². The van der Waals surface area contributed by atoms with Crippen LogP contribution in [0.1, 0.15) is 28.4 Å². The summed E-state index contributed by atoms with van der Waals surface area (Å²) in [5.41, 5.74) is 2.99. The van der Waals surface area contributed by atoms with Crippen LogP contribution in [0.15, 0.2) is 41.2 Å². The number of hydrogen-bond donors (Lipinski definition) is 2. The molecular formula is C22H20F2N4O2. The maximum absolute atomic E-state index is 14.0. The van der Waals surface area contributed by atoms with E-state index in [9.17, 15) is 18.4 Å². The van der Waals surface area contributed by atoms with Gasteiger partial charge in [0.25, 0.3) is 5.56 Å². The Hall–Kier alpha value is -3.26. The van der Waals surface area contributed by atoms with Crippen molar-refractivity contribution in [1.82, 2.24) is 20.1 Å². The molecule has 0 bridgehead atoms. The first kappa shape index (κ1) is 18.7. The van der Waals surface area contributed by atoms with Gasteiger partial charge in [-0.15, -0.1) is 0 Å². The molecule has 0 spiro atoms. The lowest BCUT2D eigenvalue weighted by atomic mass is 9.94. The Labute approximate surface area is 171 Å². The standard InChI is InChI=1S/C22H20F2N4O2/c1-27(22(30)28-10-12-4-2-3-5-13(12)11-28)19-9-25-8-18-20(19)14-6-16(23)17(24)7-15(14)21(29)26-18/h2-7,19,25H,8-11H2,1H3,(H,26,29)/t19-/m1/s1. The Morgan fingerprint density at radius 2 is 1.73 bits per heavy atom. The van der Waals surface area contributed by atoms with E-state index in [0.29, 0.717) is 42.8 Å². The van der Waals surface area contributed by atoms with Gasteiger partial charge in [-0.1, -0.05) is 24.3 Å². The van der Waals surface area contributed by atoms with Gasteiger partial charge in [0.1, 0.15) is 0 Å². The lowest BCUT2D eigenvalue weighted by Gasteiger charge is -2.36. The summed E-state index contributed by atoms with van der Waals surface area (Å²) in [7, 11) is 1.70. The molecular weight excluding hydrogens is 390 g/mol. The number of carbonyl (C=O) groups is 1. The Bertz CT molecular complexity index is 1210. The third-order valence-electron chi connectivity index (χ3n) is 6.04. The zero-order chi connectivity index (χ0) is 21.0. The smallest absolute Gasteiger partial charge is 0.320 e. The number of aromatic nitrogens is 1. The molecule has 0 fully saturated rings. The molecule has 2 aromatic carbocycles. The number of pyridine rings is 1. The minimum absolute atomic E-state index is 0.0778.